The van der Waals surface area contributed by atoms with Crippen molar-refractivity contribution in [2.45, 2.75) is 32.8 Å². The Labute approximate surface area is 121 Å². The molecule has 0 radical (unpaired) electrons. The summed E-state index contributed by atoms with van der Waals surface area (Å²) < 4.78 is 5.71. The van der Waals surface area contributed by atoms with Gasteiger partial charge in [-0.25, -0.2) is 0 Å². The molecule has 3 heteroatoms. The Kier molecular flexibility index (Phi) is 5.74. The summed E-state index contributed by atoms with van der Waals surface area (Å²) in [6.07, 6.45) is 2.65. The lowest BCUT2D eigenvalue weighted by molar-refractivity contribution is 0.00284. The van der Waals surface area contributed by atoms with Crippen molar-refractivity contribution in [1.29, 1.82) is 0 Å². The Morgan fingerprint density at radius 1 is 1.40 bits per heavy atom. The first-order valence-electron chi connectivity index (χ1n) is 7.64. The molecule has 2 atom stereocenters. The number of ether oxygens (including phenoxy) is 1. The molecule has 2 unspecified atom stereocenters. The molecule has 0 amide bonds. The topological polar surface area (TPSA) is 29.5 Å². The van der Waals surface area contributed by atoms with Gasteiger partial charge in [0.15, 0.2) is 5.78 Å². The molecular formula is C17H25NO2. The number of rotatable bonds is 6. The van der Waals surface area contributed by atoms with E-state index in [0.717, 1.165) is 44.6 Å². The molecule has 0 aromatic heterocycles. The fourth-order valence-electron chi connectivity index (χ4n) is 2.91. The average molecular weight is 275 g/mol. The zero-order valence-corrected chi connectivity index (χ0v) is 12.5. The Hall–Kier alpha value is -1.19. The van der Waals surface area contributed by atoms with E-state index in [2.05, 4.69) is 4.90 Å². The number of piperidine rings is 1. The summed E-state index contributed by atoms with van der Waals surface area (Å²) >= 11 is 0. The van der Waals surface area contributed by atoms with Gasteiger partial charge in [-0.1, -0.05) is 37.3 Å². The molecule has 1 aromatic carbocycles. The third-order valence-electron chi connectivity index (χ3n) is 3.90. The summed E-state index contributed by atoms with van der Waals surface area (Å²) in [5.74, 6) is 0.280. The van der Waals surface area contributed by atoms with E-state index in [1.165, 1.54) is 0 Å². The normalized spacial score (nSPS) is 21.6. The van der Waals surface area contributed by atoms with E-state index in [1.54, 1.807) is 0 Å². The number of carbonyl (C=O) groups excluding carboxylic acids is 1. The molecule has 1 aromatic rings. The molecule has 0 saturated carbocycles. The first-order valence-corrected chi connectivity index (χ1v) is 7.64. The SMILES string of the molecule is CCOC1CCCN(CC(C)C(=O)c2ccccc2)C1. The van der Waals surface area contributed by atoms with Crippen molar-refractivity contribution < 1.29 is 9.53 Å². The molecule has 1 aliphatic rings. The highest BCUT2D eigenvalue weighted by Gasteiger charge is 2.24. The maximum atomic E-state index is 12.4. The minimum Gasteiger partial charge on any atom is -0.377 e. The third kappa shape index (κ3) is 4.15. The minimum atomic E-state index is 0.0396. The summed E-state index contributed by atoms with van der Waals surface area (Å²) in [4.78, 5) is 14.7. The quantitative estimate of drug-likeness (QED) is 0.747. The van der Waals surface area contributed by atoms with Gasteiger partial charge in [0.25, 0.3) is 0 Å². The van der Waals surface area contributed by atoms with E-state index < -0.39 is 0 Å². The fraction of sp³-hybridized carbons (Fsp3) is 0.588. The molecule has 1 saturated heterocycles. The summed E-state index contributed by atoms with van der Waals surface area (Å²) in [6, 6.07) is 9.59. The van der Waals surface area contributed by atoms with Crippen LogP contribution in [0.3, 0.4) is 0 Å². The van der Waals surface area contributed by atoms with Crippen molar-refractivity contribution in [3.63, 3.8) is 0 Å². The lowest BCUT2D eigenvalue weighted by atomic mass is 9.97. The third-order valence-corrected chi connectivity index (χ3v) is 3.90. The van der Waals surface area contributed by atoms with E-state index in [1.807, 2.05) is 44.2 Å². The Balaban J connectivity index is 1.87. The number of hydrogen-bond donors (Lipinski definition) is 0. The molecule has 2 rings (SSSR count). The van der Waals surface area contributed by atoms with Gasteiger partial charge in [0, 0.05) is 31.2 Å². The monoisotopic (exact) mass is 275 g/mol. The van der Waals surface area contributed by atoms with Gasteiger partial charge < -0.3 is 9.64 Å². The largest absolute Gasteiger partial charge is 0.377 e. The summed E-state index contributed by atoms with van der Waals surface area (Å²) in [6.45, 7) is 7.71. The zero-order chi connectivity index (χ0) is 14.4. The summed E-state index contributed by atoms with van der Waals surface area (Å²) in [7, 11) is 0. The highest BCUT2D eigenvalue weighted by atomic mass is 16.5. The Morgan fingerprint density at radius 3 is 2.85 bits per heavy atom. The summed E-state index contributed by atoms with van der Waals surface area (Å²) in [5, 5.41) is 0. The molecule has 1 aliphatic heterocycles. The molecule has 1 fully saturated rings. The molecule has 0 aliphatic carbocycles. The van der Waals surface area contributed by atoms with Crippen molar-refractivity contribution >= 4 is 5.78 Å². The Bertz CT molecular complexity index is 416. The van der Waals surface area contributed by atoms with Gasteiger partial charge in [0.1, 0.15) is 0 Å². The number of hydrogen-bond acceptors (Lipinski definition) is 3. The number of carbonyl (C=O) groups is 1. The minimum absolute atomic E-state index is 0.0396. The molecule has 20 heavy (non-hydrogen) atoms. The Morgan fingerprint density at radius 2 is 2.15 bits per heavy atom. The maximum Gasteiger partial charge on any atom is 0.166 e. The van der Waals surface area contributed by atoms with Crippen LogP contribution in [-0.4, -0.2) is 43.0 Å². The van der Waals surface area contributed by atoms with Gasteiger partial charge in [-0.15, -0.1) is 0 Å². The lowest BCUT2D eigenvalue weighted by Crippen LogP contribution is -2.42. The van der Waals surface area contributed by atoms with E-state index in [9.17, 15) is 4.79 Å². The molecule has 110 valence electrons. The van der Waals surface area contributed by atoms with Crippen molar-refractivity contribution in [1.82, 2.24) is 4.90 Å². The van der Waals surface area contributed by atoms with E-state index >= 15 is 0 Å². The molecule has 3 nitrogen and oxygen atoms in total. The van der Waals surface area contributed by atoms with E-state index in [0.29, 0.717) is 6.10 Å². The van der Waals surface area contributed by atoms with Crippen LogP contribution in [0, 0.1) is 5.92 Å². The van der Waals surface area contributed by atoms with Gasteiger partial charge in [-0.05, 0) is 26.3 Å². The second-order valence-electron chi connectivity index (χ2n) is 5.61. The summed E-state index contributed by atoms with van der Waals surface area (Å²) in [5.41, 5.74) is 0.818. The van der Waals surface area contributed by atoms with Gasteiger partial charge in [0.2, 0.25) is 0 Å². The molecule has 0 spiro atoms. The van der Waals surface area contributed by atoms with Gasteiger partial charge >= 0.3 is 0 Å². The van der Waals surface area contributed by atoms with Crippen LogP contribution in [0.15, 0.2) is 30.3 Å². The number of benzene rings is 1. The van der Waals surface area contributed by atoms with Crippen LogP contribution in [0.4, 0.5) is 0 Å². The number of ketones is 1. The molecule has 1 heterocycles. The first kappa shape index (κ1) is 15.2. The zero-order valence-electron chi connectivity index (χ0n) is 12.5. The van der Waals surface area contributed by atoms with Crippen LogP contribution in [0.5, 0.6) is 0 Å². The predicted octanol–water partition coefficient (Wildman–Crippen LogP) is 3.01. The molecule has 0 bridgehead atoms. The second-order valence-corrected chi connectivity index (χ2v) is 5.61. The van der Waals surface area contributed by atoms with E-state index in [-0.39, 0.29) is 11.7 Å². The van der Waals surface area contributed by atoms with Crippen LogP contribution < -0.4 is 0 Å². The first-order chi connectivity index (χ1) is 9.70. The second kappa shape index (κ2) is 7.55. The van der Waals surface area contributed by atoms with Gasteiger partial charge in [-0.2, -0.15) is 0 Å². The molecule has 0 N–H and O–H groups in total. The van der Waals surface area contributed by atoms with Gasteiger partial charge in [0.05, 0.1) is 6.10 Å². The van der Waals surface area contributed by atoms with E-state index in [4.69, 9.17) is 4.74 Å². The van der Waals surface area contributed by atoms with Gasteiger partial charge in [-0.3, -0.25) is 4.79 Å². The standard InChI is InChI=1S/C17H25NO2/c1-3-20-16-10-7-11-18(13-16)12-14(2)17(19)15-8-5-4-6-9-15/h4-6,8-9,14,16H,3,7,10-13H2,1-2H3. The van der Waals surface area contributed by atoms with Crippen LogP contribution in [0.2, 0.25) is 0 Å². The fourth-order valence-corrected chi connectivity index (χ4v) is 2.91. The predicted molar refractivity (Wildman–Crippen MR) is 81.0 cm³/mol. The number of Topliss-reactive ketones (excluding diaryl/α,β-unsaturated/α-hetero) is 1. The van der Waals surface area contributed by atoms with Crippen molar-refractivity contribution in [2.24, 2.45) is 5.92 Å². The van der Waals surface area contributed by atoms with Crippen molar-refractivity contribution in [3.05, 3.63) is 35.9 Å². The van der Waals surface area contributed by atoms with Crippen LogP contribution >= 0.6 is 0 Å². The van der Waals surface area contributed by atoms with Crippen molar-refractivity contribution in [3.8, 4) is 0 Å². The maximum absolute atomic E-state index is 12.4. The van der Waals surface area contributed by atoms with Crippen LogP contribution in [0.25, 0.3) is 0 Å². The number of likely N-dealkylation sites (tertiary alicyclic amines) is 1. The highest BCUT2D eigenvalue weighted by molar-refractivity contribution is 5.97. The van der Waals surface area contributed by atoms with Crippen LogP contribution in [0.1, 0.15) is 37.0 Å². The smallest absolute Gasteiger partial charge is 0.166 e. The number of nitrogens with zero attached hydrogens (tertiary/aromatic N) is 1. The highest BCUT2D eigenvalue weighted by Crippen LogP contribution is 2.16. The lowest BCUT2D eigenvalue weighted by Gasteiger charge is -2.33. The van der Waals surface area contributed by atoms with Crippen molar-refractivity contribution in [2.75, 3.05) is 26.2 Å². The van der Waals surface area contributed by atoms with Crippen LogP contribution in [-0.2, 0) is 4.74 Å². The average Bonchev–Trinajstić information content (AvgIpc) is 2.48. The molecular weight excluding hydrogens is 250 g/mol.